The molecule has 4 aliphatic rings. The highest BCUT2D eigenvalue weighted by atomic mass is 32.2. The van der Waals surface area contributed by atoms with Gasteiger partial charge in [-0.25, -0.2) is 9.69 Å². The molecular formula is C31H26N4O5S. The zero-order valence-corrected chi connectivity index (χ0v) is 23.1. The summed E-state index contributed by atoms with van der Waals surface area (Å²) in [4.78, 5) is 57.5. The third-order valence-corrected chi connectivity index (χ3v) is 9.97. The van der Waals surface area contributed by atoms with E-state index in [2.05, 4.69) is 10.2 Å². The average molecular weight is 567 g/mol. The van der Waals surface area contributed by atoms with Crippen molar-refractivity contribution in [2.45, 2.75) is 47.7 Å². The molecule has 41 heavy (non-hydrogen) atoms. The Morgan fingerprint density at radius 3 is 2.00 bits per heavy atom. The number of para-hydroxylation sites is 1. The van der Waals surface area contributed by atoms with Crippen molar-refractivity contribution >= 4 is 41.1 Å². The van der Waals surface area contributed by atoms with Crippen molar-refractivity contribution in [3.05, 3.63) is 102 Å². The standard InChI is InChI=1S/C31H26N4O5S/c1-30(2)24(27(38)40-23(18-12-6-3-7-13-18)19-14-8-4-9-15-19)35-28(39)31(29(35)41-30)21-22(32-33-31)26(37)34(25(21)36)20-16-10-5-11-17-20/h3-17,21-24,29H,1-2H3/t21-,22+,24+,29-,31+/m1/s1. The first-order valence-corrected chi connectivity index (χ1v) is 14.3. The number of nitrogens with zero attached hydrogens (tertiary/aromatic N) is 4. The van der Waals surface area contributed by atoms with Crippen LogP contribution in [0.2, 0.25) is 0 Å². The SMILES string of the molecule is CC1(C)S[C@H]2N(C(=O)[C@]23N=N[C@@H]2C(=O)N(c4ccccc4)C(=O)[C@@H]23)[C@H]1C(=O)OC(c1ccccc1)c1ccccc1. The van der Waals surface area contributed by atoms with Crippen LogP contribution in [0, 0.1) is 5.92 Å². The van der Waals surface area contributed by atoms with Crippen molar-refractivity contribution in [2.75, 3.05) is 4.90 Å². The van der Waals surface area contributed by atoms with E-state index in [4.69, 9.17) is 4.74 Å². The monoisotopic (exact) mass is 566 g/mol. The molecule has 0 bridgehead atoms. The molecule has 0 radical (unpaired) electrons. The van der Waals surface area contributed by atoms with E-state index in [9.17, 15) is 19.2 Å². The second-order valence-corrected chi connectivity index (χ2v) is 12.9. The molecular weight excluding hydrogens is 540 g/mol. The number of amides is 3. The van der Waals surface area contributed by atoms with Gasteiger partial charge in [0, 0.05) is 4.75 Å². The van der Waals surface area contributed by atoms with Gasteiger partial charge in [0.05, 0.1) is 5.69 Å². The summed E-state index contributed by atoms with van der Waals surface area (Å²) in [6.07, 6.45) is -0.668. The van der Waals surface area contributed by atoms with Gasteiger partial charge < -0.3 is 9.64 Å². The number of esters is 1. The molecule has 3 aromatic carbocycles. The molecule has 10 heteroatoms. The van der Waals surface area contributed by atoms with E-state index in [-0.39, 0.29) is 0 Å². The summed E-state index contributed by atoms with van der Waals surface area (Å²) in [5.74, 6) is -3.07. The largest absolute Gasteiger partial charge is 0.451 e. The summed E-state index contributed by atoms with van der Waals surface area (Å²) < 4.78 is 5.41. The van der Waals surface area contributed by atoms with Crippen molar-refractivity contribution in [2.24, 2.45) is 16.1 Å². The number of ether oxygens (including phenoxy) is 1. The van der Waals surface area contributed by atoms with Crippen LogP contribution in [0.1, 0.15) is 31.1 Å². The molecule has 0 unspecified atom stereocenters. The molecule has 0 aromatic heterocycles. The molecule has 3 amide bonds. The second kappa shape index (κ2) is 9.10. The molecule has 0 saturated carbocycles. The summed E-state index contributed by atoms with van der Waals surface area (Å²) in [7, 11) is 0. The smallest absolute Gasteiger partial charge is 0.331 e. The Kier molecular flexibility index (Phi) is 5.69. The second-order valence-electron chi connectivity index (χ2n) is 11.1. The quantitative estimate of drug-likeness (QED) is 0.261. The predicted octanol–water partition coefficient (Wildman–Crippen LogP) is 4.14. The highest BCUT2D eigenvalue weighted by Gasteiger charge is 2.80. The summed E-state index contributed by atoms with van der Waals surface area (Å²) in [6, 6.07) is 25.5. The minimum Gasteiger partial charge on any atom is -0.451 e. The van der Waals surface area contributed by atoms with Gasteiger partial charge in [-0.1, -0.05) is 78.9 Å². The number of anilines is 1. The van der Waals surface area contributed by atoms with Crippen LogP contribution in [0.4, 0.5) is 5.69 Å². The van der Waals surface area contributed by atoms with Crippen molar-refractivity contribution in [3.8, 4) is 0 Å². The van der Waals surface area contributed by atoms with E-state index in [1.165, 1.54) is 16.7 Å². The van der Waals surface area contributed by atoms with Crippen LogP contribution in [-0.2, 0) is 23.9 Å². The number of benzene rings is 3. The van der Waals surface area contributed by atoms with Crippen LogP contribution in [0.15, 0.2) is 101 Å². The molecule has 9 nitrogen and oxygen atoms in total. The first-order valence-electron chi connectivity index (χ1n) is 13.4. The van der Waals surface area contributed by atoms with Gasteiger partial charge in [-0.2, -0.15) is 10.2 Å². The van der Waals surface area contributed by atoms with Crippen LogP contribution in [0.3, 0.4) is 0 Å². The number of thioether (sulfide) groups is 1. The van der Waals surface area contributed by atoms with Gasteiger partial charge in [0.25, 0.3) is 11.8 Å². The Morgan fingerprint density at radius 2 is 1.41 bits per heavy atom. The van der Waals surface area contributed by atoms with Gasteiger partial charge in [0.1, 0.15) is 17.3 Å². The van der Waals surface area contributed by atoms with Gasteiger partial charge >= 0.3 is 5.97 Å². The van der Waals surface area contributed by atoms with Crippen LogP contribution >= 0.6 is 11.8 Å². The van der Waals surface area contributed by atoms with Crippen molar-refractivity contribution in [1.29, 1.82) is 0 Å². The van der Waals surface area contributed by atoms with E-state index in [1.807, 2.05) is 74.5 Å². The number of fused-ring (bicyclic) bond motifs is 4. The van der Waals surface area contributed by atoms with E-state index in [1.54, 1.807) is 30.3 Å². The Morgan fingerprint density at radius 1 is 0.854 bits per heavy atom. The van der Waals surface area contributed by atoms with Crippen LogP contribution in [0.5, 0.6) is 0 Å². The number of hydrogen-bond acceptors (Lipinski definition) is 8. The maximum absolute atomic E-state index is 14.0. The highest BCUT2D eigenvalue weighted by molar-refractivity contribution is 8.01. The van der Waals surface area contributed by atoms with E-state index >= 15 is 0 Å². The number of carbonyl (C=O) groups excluding carboxylic acids is 4. The van der Waals surface area contributed by atoms with Crippen LogP contribution in [0.25, 0.3) is 0 Å². The van der Waals surface area contributed by atoms with Crippen molar-refractivity contribution < 1.29 is 23.9 Å². The predicted molar refractivity (Wildman–Crippen MR) is 151 cm³/mol. The minimum atomic E-state index is -1.53. The third-order valence-electron chi connectivity index (χ3n) is 8.33. The van der Waals surface area contributed by atoms with Crippen molar-refractivity contribution in [1.82, 2.24) is 4.90 Å². The fourth-order valence-electron chi connectivity index (χ4n) is 6.45. The number of azo groups is 1. The summed E-state index contributed by atoms with van der Waals surface area (Å²) >= 11 is 1.39. The lowest BCUT2D eigenvalue weighted by atomic mass is 9.74. The molecule has 0 aliphatic carbocycles. The fraction of sp³-hybridized carbons (Fsp3) is 0.290. The van der Waals surface area contributed by atoms with Gasteiger partial charge in [-0.05, 0) is 37.1 Å². The average Bonchev–Trinajstić information content (AvgIpc) is 3.61. The Balaban J connectivity index is 1.19. The lowest BCUT2D eigenvalue weighted by Gasteiger charge is -2.50. The molecule has 3 aromatic rings. The molecule has 3 fully saturated rings. The highest BCUT2D eigenvalue weighted by Crippen LogP contribution is 2.62. The Hall–Kier alpha value is -4.31. The molecule has 5 atom stereocenters. The number of rotatable bonds is 5. The fourth-order valence-corrected chi connectivity index (χ4v) is 8.17. The maximum atomic E-state index is 14.0. The summed E-state index contributed by atoms with van der Waals surface area (Å²) in [5.41, 5.74) is 0.513. The van der Waals surface area contributed by atoms with Crippen LogP contribution in [-0.4, -0.2) is 56.3 Å². The van der Waals surface area contributed by atoms with Gasteiger partial charge in [-0.15, -0.1) is 11.8 Å². The molecule has 206 valence electrons. The molecule has 3 saturated heterocycles. The number of β-lactam (4-membered cyclic amide) rings is 1. The van der Waals surface area contributed by atoms with Gasteiger partial charge in [-0.3, -0.25) is 14.4 Å². The first kappa shape index (κ1) is 25.6. The lowest BCUT2D eigenvalue weighted by molar-refractivity contribution is -0.173. The zero-order chi connectivity index (χ0) is 28.5. The van der Waals surface area contributed by atoms with Crippen molar-refractivity contribution in [3.63, 3.8) is 0 Å². The van der Waals surface area contributed by atoms with Gasteiger partial charge in [0.2, 0.25) is 11.4 Å². The normalized spacial score (nSPS) is 29.2. The summed E-state index contributed by atoms with van der Waals surface area (Å²) in [5, 5.41) is 7.85. The summed E-state index contributed by atoms with van der Waals surface area (Å²) in [6.45, 7) is 3.76. The number of imide groups is 1. The Bertz CT molecular complexity index is 1560. The Labute approximate surface area is 240 Å². The maximum Gasteiger partial charge on any atom is 0.331 e. The third kappa shape index (κ3) is 3.56. The molecule has 0 N–H and O–H groups in total. The minimum absolute atomic E-state index is 0.430. The number of hydrogen-bond donors (Lipinski definition) is 0. The van der Waals surface area contributed by atoms with Gasteiger partial charge in [0.15, 0.2) is 12.1 Å². The first-order chi connectivity index (χ1) is 19.8. The lowest BCUT2D eigenvalue weighted by Crippen LogP contribution is -2.75. The molecule has 4 aliphatic heterocycles. The number of carbonyl (C=O) groups is 4. The van der Waals surface area contributed by atoms with E-state index < -0.39 is 63.5 Å². The zero-order valence-electron chi connectivity index (χ0n) is 22.3. The van der Waals surface area contributed by atoms with E-state index in [0.717, 1.165) is 16.0 Å². The molecule has 7 rings (SSSR count). The topological polar surface area (TPSA) is 109 Å². The van der Waals surface area contributed by atoms with E-state index in [0.29, 0.717) is 5.69 Å². The molecule has 1 spiro atoms. The molecule has 4 heterocycles. The van der Waals surface area contributed by atoms with Crippen LogP contribution < -0.4 is 4.90 Å².